The predicted molar refractivity (Wildman–Crippen MR) is 145 cm³/mol. The van der Waals surface area contributed by atoms with E-state index < -0.39 is 0 Å². The van der Waals surface area contributed by atoms with E-state index in [0.717, 1.165) is 24.3 Å². The quantitative estimate of drug-likeness (QED) is 0.287. The number of hydrogen-bond donors (Lipinski definition) is 2. The molecule has 6 nitrogen and oxygen atoms in total. The summed E-state index contributed by atoms with van der Waals surface area (Å²) in [5.74, 6) is 2.07. The molecule has 0 radical (unpaired) electrons. The topological polar surface area (TPSA) is 76.7 Å². The standard InChI is InChI=1S/C30H36N2O4/c1-21(2)17-19-35-25-13-9-23(10-14-25)29(33)31-27-7-5-6-8-28(27)32-30(34)24-11-15-26(16-12-24)36-20-18-22(3)4/h5-16,21-22H,17-20H2,1-4H3,(H,31,33)(H,32,34). The fraction of sp³-hybridized carbons (Fsp3) is 0.333. The summed E-state index contributed by atoms with van der Waals surface area (Å²) in [7, 11) is 0. The normalized spacial score (nSPS) is 10.8. The van der Waals surface area contributed by atoms with Crippen molar-refractivity contribution in [2.24, 2.45) is 11.8 Å². The molecule has 190 valence electrons. The highest BCUT2D eigenvalue weighted by molar-refractivity contribution is 6.10. The van der Waals surface area contributed by atoms with Gasteiger partial charge in [0, 0.05) is 11.1 Å². The van der Waals surface area contributed by atoms with Crippen molar-refractivity contribution in [2.75, 3.05) is 23.8 Å². The van der Waals surface area contributed by atoms with Crippen molar-refractivity contribution in [1.82, 2.24) is 0 Å². The van der Waals surface area contributed by atoms with Crippen molar-refractivity contribution in [3.8, 4) is 11.5 Å². The first-order valence-corrected chi connectivity index (χ1v) is 12.5. The molecule has 36 heavy (non-hydrogen) atoms. The van der Waals surface area contributed by atoms with Gasteiger partial charge in [-0.1, -0.05) is 39.8 Å². The van der Waals surface area contributed by atoms with Gasteiger partial charge in [0.15, 0.2) is 0 Å². The van der Waals surface area contributed by atoms with E-state index in [1.54, 1.807) is 72.8 Å². The van der Waals surface area contributed by atoms with Gasteiger partial charge in [0.2, 0.25) is 0 Å². The van der Waals surface area contributed by atoms with Crippen molar-refractivity contribution >= 4 is 23.2 Å². The number of carbonyl (C=O) groups excluding carboxylic acids is 2. The minimum atomic E-state index is -0.270. The van der Waals surface area contributed by atoms with Crippen LogP contribution < -0.4 is 20.1 Å². The average Bonchev–Trinajstić information content (AvgIpc) is 2.85. The maximum Gasteiger partial charge on any atom is 0.255 e. The zero-order valence-corrected chi connectivity index (χ0v) is 21.5. The number of rotatable bonds is 12. The van der Waals surface area contributed by atoms with Crippen molar-refractivity contribution in [3.63, 3.8) is 0 Å². The fourth-order valence-corrected chi connectivity index (χ4v) is 3.32. The second-order valence-electron chi connectivity index (χ2n) is 9.56. The number of hydrogen-bond acceptors (Lipinski definition) is 4. The molecule has 0 bridgehead atoms. The minimum absolute atomic E-state index is 0.270. The summed E-state index contributed by atoms with van der Waals surface area (Å²) in [5.41, 5.74) is 2.03. The maximum absolute atomic E-state index is 12.8. The van der Waals surface area contributed by atoms with Gasteiger partial charge < -0.3 is 20.1 Å². The molecule has 2 N–H and O–H groups in total. The van der Waals surface area contributed by atoms with Crippen molar-refractivity contribution in [1.29, 1.82) is 0 Å². The lowest BCUT2D eigenvalue weighted by Gasteiger charge is -2.13. The molecule has 0 fully saturated rings. The molecule has 0 aliphatic heterocycles. The SMILES string of the molecule is CC(C)CCOc1ccc(C(=O)Nc2ccccc2NC(=O)c2ccc(OCCC(C)C)cc2)cc1. The van der Waals surface area contributed by atoms with Crippen LogP contribution in [0.1, 0.15) is 61.3 Å². The highest BCUT2D eigenvalue weighted by Crippen LogP contribution is 2.24. The second-order valence-corrected chi connectivity index (χ2v) is 9.56. The molecule has 0 unspecified atom stereocenters. The zero-order valence-electron chi connectivity index (χ0n) is 21.5. The molecule has 0 saturated heterocycles. The smallest absolute Gasteiger partial charge is 0.255 e. The number of amides is 2. The molecule has 0 saturated carbocycles. The molecule has 0 aliphatic carbocycles. The molecule has 0 atom stereocenters. The lowest BCUT2D eigenvalue weighted by atomic mass is 10.1. The molecule has 6 heteroatoms. The Morgan fingerprint density at radius 2 is 0.972 bits per heavy atom. The summed E-state index contributed by atoms with van der Waals surface area (Å²) in [5, 5.41) is 5.78. The third-order valence-electron chi connectivity index (χ3n) is 5.58. The second kappa shape index (κ2) is 13.3. The third kappa shape index (κ3) is 8.45. The van der Waals surface area contributed by atoms with Crippen LogP contribution in [-0.4, -0.2) is 25.0 Å². The Morgan fingerprint density at radius 1 is 0.611 bits per heavy atom. The lowest BCUT2D eigenvalue weighted by molar-refractivity contribution is 0.101. The molecule has 0 aromatic heterocycles. The molecule has 0 heterocycles. The molecule has 2 amide bonds. The van der Waals surface area contributed by atoms with Crippen molar-refractivity contribution < 1.29 is 19.1 Å². The largest absolute Gasteiger partial charge is 0.494 e. The molecular weight excluding hydrogens is 452 g/mol. The molecule has 3 rings (SSSR count). The van der Waals surface area contributed by atoms with Gasteiger partial charge in [-0.3, -0.25) is 9.59 Å². The maximum atomic E-state index is 12.8. The van der Waals surface area contributed by atoms with Crippen molar-refractivity contribution in [2.45, 2.75) is 40.5 Å². The Labute approximate surface area is 214 Å². The number of para-hydroxylation sites is 2. The van der Waals surface area contributed by atoms with Crippen LogP contribution in [0.3, 0.4) is 0 Å². The van der Waals surface area contributed by atoms with Crippen LogP contribution in [0, 0.1) is 11.8 Å². The molecule has 3 aromatic carbocycles. The first-order valence-electron chi connectivity index (χ1n) is 12.5. The summed E-state index contributed by atoms with van der Waals surface area (Å²) in [4.78, 5) is 25.6. The highest BCUT2D eigenvalue weighted by atomic mass is 16.5. The number of benzene rings is 3. The predicted octanol–water partition coefficient (Wildman–Crippen LogP) is 7.04. The van der Waals surface area contributed by atoms with E-state index >= 15 is 0 Å². The Morgan fingerprint density at radius 3 is 1.31 bits per heavy atom. The van der Waals surface area contributed by atoms with Gasteiger partial charge in [0.1, 0.15) is 11.5 Å². The summed E-state index contributed by atoms with van der Waals surface area (Å²) in [6.45, 7) is 9.89. The third-order valence-corrected chi connectivity index (χ3v) is 5.58. The first kappa shape index (κ1) is 26.8. The summed E-state index contributed by atoms with van der Waals surface area (Å²) >= 11 is 0. The average molecular weight is 489 g/mol. The summed E-state index contributed by atoms with van der Waals surface area (Å²) in [6, 6.07) is 21.2. The summed E-state index contributed by atoms with van der Waals surface area (Å²) in [6.07, 6.45) is 1.95. The zero-order chi connectivity index (χ0) is 25.9. The van der Waals surface area contributed by atoms with Gasteiger partial charge in [0.25, 0.3) is 11.8 Å². The minimum Gasteiger partial charge on any atom is -0.494 e. The van der Waals surface area contributed by atoms with Crippen LogP contribution >= 0.6 is 0 Å². The van der Waals surface area contributed by atoms with E-state index in [1.165, 1.54) is 0 Å². The van der Waals surface area contributed by atoms with Crippen LogP contribution in [0.2, 0.25) is 0 Å². The number of ether oxygens (including phenoxy) is 2. The number of anilines is 2. The van der Waals surface area contributed by atoms with Crippen LogP contribution in [0.15, 0.2) is 72.8 Å². The number of carbonyl (C=O) groups is 2. The Kier molecular flexibility index (Phi) is 9.92. The van der Waals surface area contributed by atoms with Crippen molar-refractivity contribution in [3.05, 3.63) is 83.9 Å². The van der Waals surface area contributed by atoms with Gasteiger partial charge in [0.05, 0.1) is 24.6 Å². The Bertz CT molecular complexity index is 1030. The van der Waals surface area contributed by atoms with Gasteiger partial charge in [-0.2, -0.15) is 0 Å². The monoisotopic (exact) mass is 488 g/mol. The van der Waals surface area contributed by atoms with Crippen LogP contribution in [0.5, 0.6) is 11.5 Å². The highest BCUT2D eigenvalue weighted by Gasteiger charge is 2.13. The van der Waals surface area contributed by atoms with E-state index in [9.17, 15) is 9.59 Å². The lowest BCUT2D eigenvalue weighted by Crippen LogP contribution is -2.16. The Hall–Kier alpha value is -3.80. The number of nitrogens with one attached hydrogen (secondary N) is 2. The van der Waals surface area contributed by atoms with E-state index in [4.69, 9.17) is 9.47 Å². The first-order chi connectivity index (χ1) is 17.3. The van der Waals surface area contributed by atoms with E-state index in [1.807, 2.05) is 0 Å². The van der Waals surface area contributed by atoms with Crippen LogP contribution in [0.4, 0.5) is 11.4 Å². The Balaban J connectivity index is 1.59. The van der Waals surface area contributed by atoms with Gasteiger partial charge in [-0.05, 0) is 85.3 Å². The van der Waals surface area contributed by atoms with E-state index in [-0.39, 0.29) is 11.8 Å². The van der Waals surface area contributed by atoms with Gasteiger partial charge in [-0.25, -0.2) is 0 Å². The van der Waals surface area contributed by atoms with Gasteiger partial charge in [-0.15, -0.1) is 0 Å². The molecular formula is C30H36N2O4. The fourth-order valence-electron chi connectivity index (χ4n) is 3.32. The van der Waals surface area contributed by atoms with Gasteiger partial charge >= 0.3 is 0 Å². The van der Waals surface area contributed by atoms with Crippen LogP contribution in [0.25, 0.3) is 0 Å². The van der Waals surface area contributed by atoms with Crippen LogP contribution in [-0.2, 0) is 0 Å². The summed E-state index contributed by atoms with van der Waals surface area (Å²) < 4.78 is 11.4. The van der Waals surface area contributed by atoms with E-state index in [2.05, 4.69) is 38.3 Å². The molecule has 3 aromatic rings. The molecule has 0 aliphatic rings. The molecule has 0 spiro atoms. The van der Waals surface area contributed by atoms with E-state index in [0.29, 0.717) is 47.6 Å².